The van der Waals surface area contributed by atoms with Crippen LogP contribution < -0.4 is 5.32 Å². The summed E-state index contributed by atoms with van der Waals surface area (Å²) in [7, 11) is 0. The summed E-state index contributed by atoms with van der Waals surface area (Å²) < 4.78 is 10.3. The first-order valence-corrected chi connectivity index (χ1v) is 8.44. The van der Waals surface area contributed by atoms with Gasteiger partial charge >= 0.3 is 0 Å². The molecule has 4 rings (SSSR count). The largest absolute Gasteiger partial charge is 0.472 e. The first-order valence-electron chi connectivity index (χ1n) is 7.56. The summed E-state index contributed by atoms with van der Waals surface area (Å²) in [5.74, 6) is 0.303. The van der Waals surface area contributed by atoms with Crippen LogP contribution in [0.5, 0.6) is 0 Å². The number of pyridine rings is 1. The second-order valence-corrected chi connectivity index (χ2v) is 6.25. The van der Waals surface area contributed by atoms with Gasteiger partial charge in [-0.25, -0.2) is 0 Å². The summed E-state index contributed by atoms with van der Waals surface area (Å²) in [6.07, 6.45) is 4.97. The second kappa shape index (κ2) is 6.74. The summed E-state index contributed by atoms with van der Waals surface area (Å²) in [4.78, 5) is 17.5. The number of hydrogen-bond acceptors (Lipinski definition) is 6. The minimum atomic E-state index is -0.287. The molecular formula is C18H13N3O3S. The molecule has 0 radical (unpaired) electrons. The van der Waals surface area contributed by atoms with Crippen LogP contribution in [0.15, 0.2) is 69.4 Å². The molecule has 4 aromatic rings. The van der Waals surface area contributed by atoms with Gasteiger partial charge < -0.3 is 14.3 Å². The van der Waals surface area contributed by atoms with E-state index in [1.807, 2.05) is 35.7 Å². The highest BCUT2D eigenvalue weighted by Crippen LogP contribution is 2.25. The molecule has 1 amide bonds. The molecule has 0 aliphatic heterocycles. The molecule has 0 saturated carbocycles. The van der Waals surface area contributed by atoms with E-state index in [2.05, 4.69) is 15.5 Å². The van der Waals surface area contributed by atoms with Gasteiger partial charge in [0.25, 0.3) is 5.91 Å². The van der Waals surface area contributed by atoms with E-state index < -0.39 is 0 Å². The second-order valence-electron chi connectivity index (χ2n) is 5.30. The van der Waals surface area contributed by atoms with Gasteiger partial charge in [-0.05, 0) is 29.1 Å². The molecule has 4 heterocycles. The smallest absolute Gasteiger partial charge is 0.273 e. The normalized spacial score (nSPS) is 10.7. The van der Waals surface area contributed by atoms with Crippen molar-refractivity contribution in [1.29, 1.82) is 0 Å². The summed E-state index contributed by atoms with van der Waals surface area (Å²) in [5, 5.41) is 8.58. The van der Waals surface area contributed by atoms with Crippen LogP contribution >= 0.6 is 11.3 Å². The van der Waals surface area contributed by atoms with Crippen LogP contribution in [-0.4, -0.2) is 16.0 Å². The van der Waals surface area contributed by atoms with Gasteiger partial charge in [0.15, 0.2) is 11.5 Å². The fraction of sp³-hybridized carbons (Fsp3) is 0.0556. The van der Waals surface area contributed by atoms with Gasteiger partial charge in [0.05, 0.1) is 23.1 Å². The van der Waals surface area contributed by atoms with Crippen molar-refractivity contribution in [2.75, 3.05) is 0 Å². The number of amides is 1. The molecule has 0 bridgehead atoms. The van der Waals surface area contributed by atoms with E-state index in [0.29, 0.717) is 12.3 Å². The number of nitrogens with one attached hydrogen (secondary N) is 1. The summed E-state index contributed by atoms with van der Waals surface area (Å²) in [6.45, 7) is 0.360. The van der Waals surface area contributed by atoms with Crippen molar-refractivity contribution in [3.63, 3.8) is 0 Å². The molecule has 1 N–H and O–H groups in total. The van der Waals surface area contributed by atoms with E-state index in [-0.39, 0.29) is 11.6 Å². The Balaban J connectivity index is 1.39. The topological polar surface area (TPSA) is 81.2 Å². The van der Waals surface area contributed by atoms with Crippen LogP contribution in [0.2, 0.25) is 0 Å². The number of hydrogen-bond donors (Lipinski definition) is 1. The van der Waals surface area contributed by atoms with Crippen molar-refractivity contribution in [1.82, 2.24) is 15.5 Å². The molecule has 25 heavy (non-hydrogen) atoms. The third-order valence-corrected chi connectivity index (χ3v) is 4.49. The maximum Gasteiger partial charge on any atom is 0.273 e. The Morgan fingerprint density at radius 1 is 1.24 bits per heavy atom. The van der Waals surface area contributed by atoms with Crippen LogP contribution in [-0.2, 0) is 6.54 Å². The molecule has 7 heteroatoms. The van der Waals surface area contributed by atoms with Gasteiger partial charge in [0.1, 0.15) is 0 Å². The summed E-state index contributed by atoms with van der Waals surface area (Å²) in [6, 6.07) is 11.1. The van der Waals surface area contributed by atoms with Crippen LogP contribution in [0.1, 0.15) is 16.1 Å². The Kier molecular flexibility index (Phi) is 4.14. The van der Waals surface area contributed by atoms with E-state index in [1.54, 1.807) is 24.8 Å². The predicted molar refractivity (Wildman–Crippen MR) is 92.9 cm³/mol. The minimum Gasteiger partial charge on any atom is -0.472 e. The predicted octanol–water partition coefficient (Wildman–Crippen LogP) is 3.99. The number of thiophene rings is 1. The average molecular weight is 351 g/mol. The summed E-state index contributed by atoms with van der Waals surface area (Å²) in [5.41, 5.74) is 2.88. The van der Waals surface area contributed by atoms with E-state index in [1.165, 1.54) is 11.3 Å². The highest BCUT2D eigenvalue weighted by molar-refractivity contribution is 7.13. The fourth-order valence-electron chi connectivity index (χ4n) is 2.30. The van der Waals surface area contributed by atoms with Gasteiger partial charge in [0.2, 0.25) is 0 Å². The molecule has 0 unspecified atom stereocenters. The van der Waals surface area contributed by atoms with Crippen molar-refractivity contribution >= 4 is 17.2 Å². The van der Waals surface area contributed by atoms with Crippen LogP contribution in [0, 0.1) is 0 Å². The lowest BCUT2D eigenvalue weighted by molar-refractivity contribution is 0.0942. The van der Waals surface area contributed by atoms with Crippen molar-refractivity contribution in [2.45, 2.75) is 6.54 Å². The van der Waals surface area contributed by atoms with Gasteiger partial charge in [0, 0.05) is 24.4 Å². The Labute approximate surface area is 147 Å². The van der Waals surface area contributed by atoms with Crippen LogP contribution in [0.4, 0.5) is 0 Å². The van der Waals surface area contributed by atoms with Crippen LogP contribution in [0.25, 0.3) is 21.9 Å². The number of carbonyl (C=O) groups excluding carboxylic acids is 1. The zero-order valence-electron chi connectivity index (χ0n) is 13.0. The molecule has 0 aliphatic carbocycles. The van der Waals surface area contributed by atoms with Crippen molar-refractivity contribution in [3.8, 4) is 21.9 Å². The number of rotatable bonds is 5. The fourth-order valence-corrected chi connectivity index (χ4v) is 2.97. The molecule has 0 spiro atoms. The van der Waals surface area contributed by atoms with E-state index in [0.717, 1.165) is 21.7 Å². The Morgan fingerprint density at radius 3 is 2.92 bits per heavy atom. The first kappa shape index (κ1) is 15.3. The Hall–Kier alpha value is -3.19. The standard InChI is InChI=1S/C18H13N3O3S/c22-18(15-8-16(24-21-15)17-2-1-7-25-17)20-10-12-3-4-14(19-9-12)13-5-6-23-11-13/h1-9,11H,10H2,(H,20,22). The third kappa shape index (κ3) is 3.36. The van der Waals surface area contributed by atoms with Gasteiger partial charge in [-0.15, -0.1) is 11.3 Å². The molecule has 4 aromatic heterocycles. The minimum absolute atomic E-state index is 0.256. The molecule has 0 aromatic carbocycles. The van der Waals surface area contributed by atoms with Crippen molar-refractivity contribution < 1.29 is 13.7 Å². The Morgan fingerprint density at radius 2 is 2.20 bits per heavy atom. The molecule has 0 atom stereocenters. The zero-order valence-corrected chi connectivity index (χ0v) is 13.8. The summed E-state index contributed by atoms with van der Waals surface area (Å²) >= 11 is 1.53. The highest BCUT2D eigenvalue weighted by atomic mass is 32.1. The van der Waals surface area contributed by atoms with E-state index in [4.69, 9.17) is 8.94 Å². The van der Waals surface area contributed by atoms with Gasteiger partial charge in [-0.2, -0.15) is 0 Å². The molecule has 0 aliphatic rings. The monoisotopic (exact) mass is 351 g/mol. The highest BCUT2D eigenvalue weighted by Gasteiger charge is 2.14. The van der Waals surface area contributed by atoms with E-state index in [9.17, 15) is 4.79 Å². The maximum atomic E-state index is 12.2. The number of nitrogens with zero attached hydrogens (tertiary/aromatic N) is 2. The third-order valence-electron chi connectivity index (χ3n) is 3.60. The molecular weight excluding hydrogens is 338 g/mol. The van der Waals surface area contributed by atoms with Crippen molar-refractivity contribution in [2.24, 2.45) is 0 Å². The average Bonchev–Trinajstić information content (AvgIpc) is 3.42. The molecule has 124 valence electrons. The van der Waals surface area contributed by atoms with Crippen molar-refractivity contribution in [3.05, 3.63) is 71.8 Å². The molecule has 0 fully saturated rings. The molecule has 6 nitrogen and oxygen atoms in total. The van der Waals surface area contributed by atoms with Gasteiger partial charge in [-0.1, -0.05) is 17.3 Å². The zero-order chi connectivity index (χ0) is 17.1. The lowest BCUT2D eigenvalue weighted by Crippen LogP contribution is -2.23. The number of carbonyl (C=O) groups is 1. The van der Waals surface area contributed by atoms with Gasteiger partial charge in [-0.3, -0.25) is 9.78 Å². The lowest BCUT2D eigenvalue weighted by atomic mass is 10.2. The lowest BCUT2D eigenvalue weighted by Gasteiger charge is -2.03. The first-order chi connectivity index (χ1) is 12.3. The van der Waals surface area contributed by atoms with E-state index >= 15 is 0 Å². The molecule has 0 saturated heterocycles. The quantitative estimate of drug-likeness (QED) is 0.588. The number of furan rings is 1. The number of aromatic nitrogens is 2. The maximum absolute atomic E-state index is 12.2. The Bertz CT molecular complexity index is 958. The van der Waals surface area contributed by atoms with Crippen LogP contribution in [0.3, 0.4) is 0 Å². The SMILES string of the molecule is O=C(NCc1ccc(-c2ccoc2)nc1)c1cc(-c2cccs2)on1.